The maximum atomic E-state index is 11.0. The Bertz CT molecular complexity index is 130. The second-order valence-electron chi connectivity index (χ2n) is 2.64. The molecule has 0 aromatic rings. The third-order valence-corrected chi connectivity index (χ3v) is 1.69. The summed E-state index contributed by atoms with van der Waals surface area (Å²) >= 11 is 0. The molecule has 0 bridgehead atoms. The number of hydroxylamine groups is 1. The molecule has 5 heteroatoms. The fourth-order valence-corrected chi connectivity index (χ4v) is 0.933. The molecule has 1 atom stereocenters. The SMILES string of the molecule is NCCCCC(NO)C(=O)CN. The molecule has 6 N–H and O–H groups in total. The minimum Gasteiger partial charge on any atom is -0.330 e. The number of carbonyl (C=O) groups excluding carboxylic acids is 1. The normalized spacial score (nSPS) is 12.9. The van der Waals surface area contributed by atoms with Gasteiger partial charge >= 0.3 is 0 Å². The molecule has 0 amide bonds. The highest BCUT2D eigenvalue weighted by molar-refractivity contribution is 5.85. The van der Waals surface area contributed by atoms with Crippen LogP contribution in [0.3, 0.4) is 0 Å². The van der Waals surface area contributed by atoms with Crippen molar-refractivity contribution in [3.8, 4) is 0 Å². The first-order chi connectivity index (χ1) is 5.76. The highest BCUT2D eigenvalue weighted by Gasteiger charge is 2.14. The first-order valence-corrected chi connectivity index (χ1v) is 4.08. The molecule has 0 fully saturated rings. The molecule has 0 radical (unpaired) electrons. The third-order valence-electron chi connectivity index (χ3n) is 1.69. The van der Waals surface area contributed by atoms with Crippen molar-refractivity contribution in [3.05, 3.63) is 0 Å². The molecule has 12 heavy (non-hydrogen) atoms. The van der Waals surface area contributed by atoms with Crippen LogP contribution in [-0.2, 0) is 4.79 Å². The lowest BCUT2D eigenvalue weighted by atomic mass is 10.1. The van der Waals surface area contributed by atoms with E-state index in [1.165, 1.54) is 0 Å². The average molecular weight is 175 g/mol. The fraction of sp³-hybridized carbons (Fsp3) is 0.857. The number of hydrogen-bond acceptors (Lipinski definition) is 5. The van der Waals surface area contributed by atoms with Gasteiger partial charge in [0.2, 0.25) is 0 Å². The average Bonchev–Trinajstić information content (AvgIpc) is 2.11. The summed E-state index contributed by atoms with van der Waals surface area (Å²) in [4.78, 5) is 11.0. The number of Topliss-reactive ketones (excluding diaryl/α,β-unsaturated/α-hetero) is 1. The molecule has 0 aromatic heterocycles. The van der Waals surface area contributed by atoms with Gasteiger partial charge in [0, 0.05) is 0 Å². The summed E-state index contributed by atoms with van der Waals surface area (Å²) in [6.45, 7) is 0.565. The topological polar surface area (TPSA) is 101 Å². The van der Waals surface area contributed by atoms with Crippen molar-refractivity contribution < 1.29 is 10.0 Å². The summed E-state index contributed by atoms with van der Waals surface area (Å²) < 4.78 is 0. The van der Waals surface area contributed by atoms with Crippen molar-refractivity contribution in [1.82, 2.24) is 5.48 Å². The Morgan fingerprint density at radius 2 is 2.08 bits per heavy atom. The molecule has 0 saturated heterocycles. The van der Waals surface area contributed by atoms with Crippen LogP contribution in [0.2, 0.25) is 0 Å². The Morgan fingerprint density at radius 1 is 1.42 bits per heavy atom. The zero-order chi connectivity index (χ0) is 9.40. The van der Waals surface area contributed by atoms with Gasteiger partial charge in [0.05, 0.1) is 12.6 Å². The van der Waals surface area contributed by atoms with E-state index in [1.807, 2.05) is 5.48 Å². The van der Waals surface area contributed by atoms with Crippen LogP contribution in [0.5, 0.6) is 0 Å². The second kappa shape index (κ2) is 7.17. The molecule has 0 aliphatic carbocycles. The maximum Gasteiger partial charge on any atom is 0.165 e. The van der Waals surface area contributed by atoms with Crippen LogP contribution < -0.4 is 16.9 Å². The van der Waals surface area contributed by atoms with Gasteiger partial charge in [0.25, 0.3) is 0 Å². The Hall–Kier alpha value is -0.490. The standard InChI is InChI=1S/C7H17N3O2/c8-4-2-1-3-6(10-12)7(11)5-9/h6,10,12H,1-5,8-9H2. The van der Waals surface area contributed by atoms with E-state index in [9.17, 15) is 4.79 Å². The molecule has 0 aliphatic heterocycles. The summed E-state index contributed by atoms with van der Waals surface area (Å²) in [5.41, 5.74) is 12.3. The quantitative estimate of drug-likeness (QED) is 0.293. The largest absolute Gasteiger partial charge is 0.330 e. The number of unbranched alkanes of at least 4 members (excludes halogenated alkanes) is 1. The van der Waals surface area contributed by atoms with Crippen molar-refractivity contribution in [1.29, 1.82) is 0 Å². The highest BCUT2D eigenvalue weighted by atomic mass is 16.5. The molecule has 0 saturated carbocycles. The first kappa shape index (κ1) is 11.5. The van der Waals surface area contributed by atoms with Crippen LogP contribution in [0.15, 0.2) is 0 Å². The lowest BCUT2D eigenvalue weighted by Gasteiger charge is -2.11. The van der Waals surface area contributed by atoms with E-state index in [1.54, 1.807) is 0 Å². The number of carbonyl (C=O) groups is 1. The molecular formula is C7H17N3O2. The molecule has 0 aromatic carbocycles. The van der Waals surface area contributed by atoms with E-state index in [0.717, 1.165) is 12.8 Å². The first-order valence-electron chi connectivity index (χ1n) is 4.08. The van der Waals surface area contributed by atoms with Gasteiger partial charge in [0.15, 0.2) is 5.78 Å². The molecule has 0 rings (SSSR count). The number of nitrogens with two attached hydrogens (primary N) is 2. The van der Waals surface area contributed by atoms with Gasteiger partial charge in [-0.25, -0.2) is 0 Å². The summed E-state index contributed by atoms with van der Waals surface area (Å²) in [6.07, 6.45) is 2.26. The maximum absolute atomic E-state index is 11.0. The summed E-state index contributed by atoms with van der Waals surface area (Å²) in [5.74, 6) is -0.172. The molecule has 0 spiro atoms. The van der Waals surface area contributed by atoms with Crippen molar-refractivity contribution in [2.45, 2.75) is 25.3 Å². The smallest absolute Gasteiger partial charge is 0.165 e. The molecule has 5 nitrogen and oxygen atoms in total. The van der Waals surface area contributed by atoms with E-state index < -0.39 is 6.04 Å². The monoisotopic (exact) mass is 175 g/mol. The van der Waals surface area contributed by atoms with Gasteiger partial charge in [-0.3, -0.25) is 4.79 Å². The van der Waals surface area contributed by atoms with Gasteiger partial charge in [-0.2, -0.15) is 5.48 Å². The van der Waals surface area contributed by atoms with Crippen LogP contribution in [0.4, 0.5) is 0 Å². The predicted molar refractivity (Wildman–Crippen MR) is 45.7 cm³/mol. The molecule has 1 unspecified atom stereocenters. The Morgan fingerprint density at radius 3 is 2.50 bits per heavy atom. The van der Waals surface area contributed by atoms with E-state index in [0.29, 0.717) is 13.0 Å². The molecule has 0 heterocycles. The Labute approximate surface area is 72.1 Å². The van der Waals surface area contributed by atoms with Gasteiger partial charge in [0.1, 0.15) is 0 Å². The van der Waals surface area contributed by atoms with Gasteiger partial charge < -0.3 is 16.7 Å². The summed E-state index contributed by atoms with van der Waals surface area (Å²) in [5, 5.41) is 8.57. The van der Waals surface area contributed by atoms with Crippen LogP contribution >= 0.6 is 0 Å². The van der Waals surface area contributed by atoms with Crippen molar-refractivity contribution in [2.24, 2.45) is 11.5 Å². The third kappa shape index (κ3) is 4.40. The number of hydrogen-bond donors (Lipinski definition) is 4. The van der Waals surface area contributed by atoms with E-state index in [-0.39, 0.29) is 12.3 Å². The van der Waals surface area contributed by atoms with E-state index in [4.69, 9.17) is 16.7 Å². The number of nitrogens with one attached hydrogen (secondary N) is 1. The Balaban J connectivity index is 3.60. The summed E-state index contributed by atoms with van der Waals surface area (Å²) in [7, 11) is 0. The van der Waals surface area contributed by atoms with Crippen LogP contribution in [0, 0.1) is 0 Å². The van der Waals surface area contributed by atoms with Crippen LogP contribution in [0.25, 0.3) is 0 Å². The zero-order valence-corrected chi connectivity index (χ0v) is 7.12. The fourth-order valence-electron chi connectivity index (χ4n) is 0.933. The minimum atomic E-state index is -0.526. The van der Waals surface area contributed by atoms with Crippen LogP contribution in [0.1, 0.15) is 19.3 Å². The van der Waals surface area contributed by atoms with Crippen LogP contribution in [-0.4, -0.2) is 30.1 Å². The number of rotatable bonds is 7. The lowest BCUT2D eigenvalue weighted by Crippen LogP contribution is -2.38. The molecule has 72 valence electrons. The zero-order valence-electron chi connectivity index (χ0n) is 7.12. The molecular weight excluding hydrogens is 158 g/mol. The highest BCUT2D eigenvalue weighted by Crippen LogP contribution is 2.00. The van der Waals surface area contributed by atoms with E-state index in [2.05, 4.69) is 0 Å². The van der Waals surface area contributed by atoms with Crippen molar-refractivity contribution >= 4 is 5.78 Å². The summed E-state index contributed by atoms with van der Waals surface area (Å²) in [6, 6.07) is -0.526. The van der Waals surface area contributed by atoms with Crippen molar-refractivity contribution in [3.63, 3.8) is 0 Å². The second-order valence-corrected chi connectivity index (χ2v) is 2.64. The van der Waals surface area contributed by atoms with Gasteiger partial charge in [-0.1, -0.05) is 6.42 Å². The molecule has 0 aliphatic rings. The predicted octanol–water partition coefficient (Wildman–Crippen LogP) is -1.01. The van der Waals surface area contributed by atoms with Crippen molar-refractivity contribution in [2.75, 3.05) is 13.1 Å². The Kier molecular flexibility index (Phi) is 6.88. The lowest BCUT2D eigenvalue weighted by molar-refractivity contribution is -0.122. The van der Waals surface area contributed by atoms with E-state index >= 15 is 0 Å². The van der Waals surface area contributed by atoms with Gasteiger partial charge in [-0.05, 0) is 19.4 Å². The number of ketones is 1. The van der Waals surface area contributed by atoms with Gasteiger partial charge in [-0.15, -0.1) is 0 Å². The minimum absolute atomic E-state index is 0.0408.